The molecule has 1 unspecified atom stereocenters. The zero-order valence-electron chi connectivity index (χ0n) is 15.2. The number of hydrogen-bond acceptors (Lipinski definition) is 5. The van der Waals surface area contributed by atoms with Crippen LogP contribution in [0.3, 0.4) is 0 Å². The Kier molecular flexibility index (Phi) is 4.61. The molecule has 1 atom stereocenters. The van der Waals surface area contributed by atoms with E-state index in [2.05, 4.69) is 33.4 Å². The lowest BCUT2D eigenvalue weighted by molar-refractivity contribution is -0.215. The minimum atomic E-state index is 0.649. The van der Waals surface area contributed by atoms with Crippen LogP contribution >= 0.6 is 11.3 Å². The first-order chi connectivity index (χ1) is 12.9. The van der Waals surface area contributed by atoms with E-state index in [1.807, 2.05) is 17.4 Å². The zero-order chi connectivity index (χ0) is 17.3. The van der Waals surface area contributed by atoms with Crippen LogP contribution in [0.5, 0.6) is 5.75 Å². The van der Waals surface area contributed by atoms with Crippen molar-refractivity contribution < 1.29 is 9.78 Å². The van der Waals surface area contributed by atoms with Crippen molar-refractivity contribution in [3.05, 3.63) is 45.6 Å². The van der Waals surface area contributed by atoms with Gasteiger partial charge in [0.05, 0.1) is 6.61 Å². The van der Waals surface area contributed by atoms with Crippen molar-refractivity contribution in [1.82, 2.24) is 4.90 Å². The van der Waals surface area contributed by atoms with Crippen LogP contribution in [0.2, 0.25) is 0 Å². The number of aryl methyl sites for hydroxylation is 1. The van der Waals surface area contributed by atoms with Crippen LogP contribution < -0.4 is 9.79 Å². The second-order valence-electron chi connectivity index (χ2n) is 7.67. The van der Waals surface area contributed by atoms with E-state index in [4.69, 9.17) is 9.78 Å². The van der Waals surface area contributed by atoms with Gasteiger partial charge in [0.1, 0.15) is 0 Å². The molecule has 0 radical (unpaired) electrons. The normalized spacial score (nSPS) is 23.2. The number of fused-ring (bicyclic) bond motifs is 2. The number of benzene rings is 1. The largest absolute Gasteiger partial charge is 0.369 e. The van der Waals surface area contributed by atoms with E-state index >= 15 is 0 Å². The highest BCUT2D eigenvalue weighted by atomic mass is 32.1. The van der Waals surface area contributed by atoms with Crippen LogP contribution in [-0.4, -0.2) is 44.2 Å². The standard InChI is InChI=1S/C21H26N2O2S/c1-2-19(18-6-12-24-25-20(18)3-1)23-10-8-22(9-11-23)15-16-4-5-21-17(14-16)7-13-26-21/h1-3,7,13,16H,4-6,8-12,14-15H2. The zero-order valence-corrected chi connectivity index (χ0v) is 16.0. The SMILES string of the molecule is c1cc2c(c(N3CCN(CC4CCc5sccc5C4)CC3)c1)CCOO2. The molecule has 1 aromatic heterocycles. The first kappa shape index (κ1) is 16.6. The second-order valence-corrected chi connectivity index (χ2v) is 8.68. The Bertz CT molecular complexity index is 767. The van der Waals surface area contributed by atoms with Crippen molar-refractivity contribution in [2.45, 2.75) is 25.7 Å². The fourth-order valence-corrected chi connectivity index (χ4v) is 5.57. The van der Waals surface area contributed by atoms with Gasteiger partial charge in [-0.2, -0.15) is 4.89 Å². The molecule has 1 aliphatic carbocycles. The second kappa shape index (κ2) is 7.22. The van der Waals surface area contributed by atoms with Crippen LogP contribution in [0.4, 0.5) is 5.69 Å². The third kappa shape index (κ3) is 3.24. The van der Waals surface area contributed by atoms with E-state index in [-0.39, 0.29) is 0 Å². The van der Waals surface area contributed by atoms with Crippen molar-refractivity contribution in [2.24, 2.45) is 5.92 Å². The van der Waals surface area contributed by atoms with Gasteiger partial charge in [-0.3, -0.25) is 4.90 Å². The van der Waals surface area contributed by atoms with E-state index in [1.54, 1.807) is 10.4 Å². The number of piperazine rings is 1. The monoisotopic (exact) mass is 370 g/mol. The van der Waals surface area contributed by atoms with Crippen LogP contribution in [-0.2, 0) is 24.2 Å². The van der Waals surface area contributed by atoms with E-state index in [9.17, 15) is 0 Å². The van der Waals surface area contributed by atoms with E-state index in [1.165, 1.54) is 37.1 Å². The maximum Gasteiger partial charge on any atom is 0.170 e. The molecule has 3 heterocycles. The van der Waals surface area contributed by atoms with Gasteiger partial charge in [-0.05, 0) is 54.3 Å². The van der Waals surface area contributed by atoms with Gasteiger partial charge in [-0.1, -0.05) is 6.07 Å². The molecule has 0 bridgehead atoms. The summed E-state index contributed by atoms with van der Waals surface area (Å²) in [5, 5.41) is 2.26. The predicted molar refractivity (Wildman–Crippen MR) is 105 cm³/mol. The van der Waals surface area contributed by atoms with Crippen LogP contribution in [0.1, 0.15) is 22.4 Å². The first-order valence-corrected chi connectivity index (χ1v) is 10.7. The summed E-state index contributed by atoms with van der Waals surface area (Å²) in [5.41, 5.74) is 4.26. The average molecular weight is 371 g/mol. The molecule has 5 heteroatoms. The molecular weight excluding hydrogens is 344 g/mol. The van der Waals surface area contributed by atoms with Gasteiger partial charge in [-0.15, -0.1) is 11.3 Å². The lowest BCUT2D eigenvalue weighted by atomic mass is 9.88. The van der Waals surface area contributed by atoms with Gasteiger partial charge in [0.15, 0.2) is 5.75 Å². The third-order valence-electron chi connectivity index (χ3n) is 6.05. The molecule has 1 saturated heterocycles. The Morgan fingerprint density at radius 1 is 1.08 bits per heavy atom. The van der Waals surface area contributed by atoms with Crippen molar-refractivity contribution in [3.8, 4) is 5.75 Å². The molecule has 1 fully saturated rings. The molecule has 26 heavy (non-hydrogen) atoms. The summed E-state index contributed by atoms with van der Waals surface area (Å²) in [6.07, 6.45) is 4.87. The summed E-state index contributed by atoms with van der Waals surface area (Å²) in [5.74, 6) is 1.73. The Morgan fingerprint density at radius 3 is 2.92 bits per heavy atom. The third-order valence-corrected chi connectivity index (χ3v) is 7.07. The van der Waals surface area contributed by atoms with Crippen molar-refractivity contribution >= 4 is 17.0 Å². The molecule has 0 amide bonds. The van der Waals surface area contributed by atoms with Crippen molar-refractivity contribution in [3.63, 3.8) is 0 Å². The summed E-state index contributed by atoms with van der Waals surface area (Å²) < 4.78 is 0. The maximum atomic E-state index is 5.36. The summed E-state index contributed by atoms with van der Waals surface area (Å²) in [6.45, 7) is 6.44. The summed E-state index contributed by atoms with van der Waals surface area (Å²) in [7, 11) is 0. The average Bonchev–Trinajstić information content (AvgIpc) is 3.16. The molecule has 2 aromatic rings. The fourth-order valence-electron chi connectivity index (χ4n) is 4.64. The molecule has 1 aromatic carbocycles. The molecule has 2 aliphatic heterocycles. The lowest BCUT2D eigenvalue weighted by Gasteiger charge is -2.39. The van der Waals surface area contributed by atoms with Crippen LogP contribution in [0.15, 0.2) is 29.6 Å². The fraction of sp³-hybridized carbons (Fsp3) is 0.524. The summed E-state index contributed by atoms with van der Waals surface area (Å²) in [6, 6.07) is 8.67. The number of anilines is 1. The van der Waals surface area contributed by atoms with Gasteiger partial charge < -0.3 is 9.79 Å². The topological polar surface area (TPSA) is 24.9 Å². The summed E-state index contributed by atoms with van der Waals surface area (Å²) >= 11 is 1.94. The van der Waals surface area contributed by atoms with E-state index in [0.29, 0.717) is 6.61 Å². The number of thiophene rings is 1. The maximum absolute atomic E-state index is 5.36. The number of hydrogen-bond donors (Lipinski definition) is 0. The highest BCUT2D eigenvalue weighted by Gasteiger charge is 2.26. The van der Waals surface area contributed by atoms with Gasteiger partial charge >= 0.3 is 0 Å². The number of nitrogens with zero attached hydrogens (tertiary/aromatic N) is 2. The Labute approximate surface area is 159 Å². The molecule has 0 N–H and O–H groups in total. The van der Waals surface area contributed by atoms with E-state index in [0.717, 1.165) is 44.3 Å². The number of rotatable bonds is 3. The van der Waals surface area contributed by atoms with Gasteiger partial charge in [-0.25, -0.2) is 0 Å². The molecule has 0 saturated carbocycles. The predicted octanol–water partition coefficient (Wildman–Crippen LogP) is 3.54. The van der Waals surface area contributed by atoms with Crippen LogP contribution in [0.25, 0.3) is 0 Å². The van der Waals surface area contributed by atoms with Crippen molar-refractivity contribution in [2.75, 3.05) is 44.2 Å². The molecule has 3 aliphatic rings. The summed E-state index contributed by atoms with van der Waals surface area (Å²) in [4.78, 5) is 17.3. The van der Waals surface area contributed by atoms with Gasteiger partial charge in [0.25, 0.3) is 0 Å². The molecule has 5 rings (SSSR count). The lowest BCUT2D eigenvalue weighted by Crippen LogP contribution is -2.48. The van der Waals surface area contributed by atoms with Crippen molar-refractivity contribution in [1.29, 1.82) is 0 Å². The Morgan fingerprint density at radius 2 is 2.00 bits per heavy atom. The highest BCUT2D eigenvalue weighted by molar-refractivity contribution is 7.10. The molecular formula is C21H26N2O2S. The van der Waals surface area contributed by atoms with Gasteiger partial charge in [0.2, 0.25) is 0 Å². The van der Waals surface area contributed by atoms with E-state index < -0.39 is 0 Å². The molecule has 0 spiro atoms. The Balaban J connectivity index is 1.20. The highest BCUT2D eigenvalue weighted by Crippen LogP contribution is 2.34. The minimum absolute atomic E-state index is 0.649. The molecule has 4 nitrogen and oxygen atoms in total. The Hall–Kier alpha value is -1.56. The molecule has 138 valence electrons. The first-order valence-electron chi connectivity index (χ1n) is 9.81. The van der Waals surface area contributed by atoms with Gasteiger partial charge in [0, 0.05) is 55.3 Å². The van der Waals surface area contributed by atoms with Crippen LogP contribution in [0, 0.1) is 5.92 Å². The minimum Gasteiger partial charge on any atom is -0.369 e. The quantitative estimate of drug-likeness (QED) is 0.772. The smallest absolute Gasteiger partial charge is 0.170 e.